The van der Waals surface area contributed by atoms with E-state index in [4.69, 9.17) is 0 Å². The zero-order chi connectivity index (χ0) is 18.0. The van der Waals surface area contributed by atoms with E-state index in [2.05, 4.69) is 19.3 Å². The van der Waals surface area contributed by atoms with Gasteiger partial charge in [0.15, 0.2) is 0 Å². The molecule has 1 saturated heterocycles. The van der Waals surface area contributed by atoms with Crippen LogP contribution in [0.25, 0.3) is 5.70 Å². The predicted molar refractivity (Wildman–Crippen MR) is 98.1 cm³/mol. The van der Waals surface area contributed by atoms with Gasteiger partial charge in [0.1, 0.15) is 6.54 Å². The van der Waals surface area contributed by atoms with Crippen molar-refractivity contribution in [1.82, 2.24) is 15.3 Å². The number of aryl methyl sites for hydroxylation is 1. The third-order valence-corrected chi connectivity index (χ3v) is 4.91. The van der Waals surface area contributed by atoms with E-state index in [1.165, 1.54) is 10.6 Å². The average Bonchev–Trinajstić information content (AvgIpc) is 2.56. The van der Waals surface area contributed by atoms with Gasteiger partial charge >= 0.3 is 0 Å². The molecule has 0 aromatic heterocycles. The molecule has 5 heteroatoms. The van der Waals surface area contributed by atoms with Crippen molar-refractivity contribution in [2.45, 2.75) is 33.6 Å². The Morgan fingerprint density at radius 3 is 2.44 bits per heavy atom. The lowest BCUT2D eigenvalue weighted by Crippen LogP contribution is -2.52. The van der Waals surface area contributed by atoms with E-state index < -0.39 is 0 Å². The quantitative estimate of drug-likeness (QED) is 0.919. The molecular formula is C20H27N3O2. The number of carbonyl (C=O) groups is 2. The molecule has 0 bridgehead atoms. The largest absolute Gasteiger partial charge is 0.341 e. The Bertz CT molecular complexity index is 671. The number of carbonyl (C=O) groups excluding carboxylic acids is 2. The van der Waals surface area contributed by atoms with Crippen molar-refractivity contribution in [1.29, 1.82) is 0 Å². The lowest BCUT2D eigenvalue weighted by atomic mass is 9.92. The van der Waals surface area contributed by atoms with E-state index in [9.17, 15) is 9.59 Å². The van der Waals surface area contributed by atoms with Crippen LogP contribution in [0.1, 0.15) is 37.8 Å². The van der Waals surface area contributed by atoms with Crippen LogP contribution in [0.4, 0.5) is 0 Å². The first-order valence-corrected chi connectivity index (χ1v) is 9.04. The van der Waals surface area contributed by atoms with Gasteiger partial charge in [0.05, 0.1) is 5.70 Å². The van der Waals surface area contributed by atoms with Gasteiger partial charge < -0.3 is 4.90 Å². The summed E-state index contributed by atoms with van der Waals surface area (Å²) in [6, 6.07) is 8.14. The van der Waals surface area contributed by atoms with Crippen molar-refractivity contribution >= 4 is 17.5 Å². The van der Waals surface area contributed by atoms with Crippen LogP contribution in [0.3, 0.4) is 0 Å². The number of rotatable bonds is 3. The van der Waals surface area contributed by atoms with Crippen LogP contribution in [0.5, 0.6) is 0 Å². The molecular weight excluding hydrogens is 314 g/mol. The van der Waals surface area contributed by atoms with Gasteiger partial charge in [-0.1, -0.05) is 43.7 Å². The normalized spacial score (nSPS) is 24.0. The number of hydrogen-bond donors (Lipinski definition) is 1. The molecule has 1 fully saturated rings. The highest BCUT2D eigenvalue weighted by atomic mass is 16.2. The fourth-order valence-corrected chi connectivity index (χ4v) is 3.70. The fraction of sp³-hybridized carbons (Fsp3) is 0.500. The fourth-order valence-electron chi connectivity index (χ4n) is 3.70. The number of hydrazine groups is 1. The van der Waals surface area contributed by atoms with Gasteiger partial charge in [-0.3, -0.25) is 15.0 Å². The number of hydrogen-bond acceptors (Lipinski definition) is 3. The maximum atomic E-state index is 12.7. The molecule has 1 aromatic rings. The second-order valence-electron chi connectivity index (χ2n) is 7.52. The summed E-state index contributed by atoms with van der Waals surface area (Å²) in [6.07, 6.45) is 3.36. The van der Waals surface area contributed by atoms with E-state index >= 15 is 0 Å². The van der Waals surface area contributed by atoms with E-state index in [-0.39, 0.29) is 18.4 Å². The molecule has 5 nitrogen and oxygen atoms in total. The number of piperidine rings is 1. The molecule has 2 aliphatic rings. The van der Waals surface area contributed by atoms with Gasteiger partial charge in [-0.05, 0) is 36.8 Å². The highest BCUT2D eigenvalue weighted by Crippen LogP contribution is 2.22. The van der Waals surface area contributed by atoms with Crippen molar-refractivity contribution in [3.63, 3.8) is 0 Å². The molecule has 0 saturated carbocycles. The summed E-state index contributed by atoms with van der Waals surface area (Å²) in [5, 5.41) is 1.46. The van der Waals surface area contributed by atoms with Gasteiger partial charge in [0, 0.05) is 19.5 Å². The first-order valence-electron chi connectivity index (χ1n) is 9.04. The van der Waals surface area contributed by atoms with Gasteiger partial charge in [0.2, 0.25) is 11.8 Å². The van der Waals surface area contributed by atoms with Crippen molar-refractivity contribution in [3.05, 3.63) is 41.5 Å². The zero-order valence-corrected chi connectivity index (χ0v) is 15.3. The van der Waals surface area contributed by atoms with E-state index in [1.807, 2.05) is 42.2 Å². The molecule has 1 aromatic carbocycles. The second-order valence-corrected chi connectivity index (χ2v) is 7.52. The van der Waals surface area contributed by atoms with Crippen molar-refractivity contribution in [2.24, 2.45) is 11.8 Å². The van der Waals surface area contributed by atoms with E-state index in [1.54, 1.807) is 0 Å². The summed E-state index contributed by atoms with van der Waals surface area (Å²) in [5.74, 6) is 0.980. The molecule has 0 radical (unpaired) electrons. The highest BCUT2D eigenvalue weighted by molar-refractivity contribution is 5.88. The summed E-state index contributed by atoms with van der Waals surface area (Å²) in [5.41, 5.74) is 6.23. The smallest absolute Gasteiger partial charge is 0.245 e. The first kappa shape index (κ1) is 17.5. The predicted octanol–water partition coefficient (Wildman–Crippen LogP) is 2.58. The molecule has 25 heavy (non-hydrogen) atoms. The van der Waals surface area contributed by atoms with Crippen LogP contribution in [-0.4, -0.2) is 41.4 Å². The number of nitrogens with zero attached hydrogens (tertiary/aromatic N) is 2. The Hall–Kier alpha value is -2.30. The van der Waals surface area contributed by atoms with Crippen LogP contribution in [-0.2, 0) is 9.59 Å². The standard InChI is InChI=1S/C20H27N3O2/c1-14-4-6-17(7-5-14)18-8-9-19(24)23(21-18)13-20(25)22-11-15(2)10-16(3)12-22/h4-8,15-16,21H,9-13H2,1-3H3. The number of likely N-dealkylation sites (tertiary alicyclic amines) is 1. The summed E-state index contributed by atoms with van der Waals surface area (Å²) in [6.45, 7) is 8.05. The topological polar surface area (TPSA) is 52.7 Å². The van der Waals surface area contributed by atoms with Gasteiger partial charge in [-0.2, -0.15) is 0 Å². The number of nitrogens with one attached hydrogen (secondary N) is 1. The van der Waals surface area contributed by atoms with Crippen molar-refractivity contribution in [2.75, 3.05) is 19.6 Å². The Morgan fingerprint density at radius 2 is 1.80 bits per heavy atom. The Morgan fingerprint density at radius 1 is 1.16 bits per heavy atom. The van der Waals surface area contributed by atoms with Crippen LogP contribution < -0.4 is 5.43 Å². The van der Waals surface area contributed by atoms with Crippen molar-refractivity contribution < 1.29 is 9.59 Å². The third kappa shape index (κ3) is 4.21. The minimum absolute atomic E-state index is 0.0180. The summed E-state index contributed by atoms with van der Waals surface area (Å²) in [4.78, 5) is 26.8. The van der Waals surface area contributed by atoms with Crippen LogP contribution >= 0.6 is 0 Å². The van der Waals surface area contributed by atoms with E-state index in [0.717, 1.165) is 30.8 Å². The minimum Gasteiger partial charge on any atom is -0.341 e. The first-order chi connectivity index (χ1) is 11.9. The summed E-state index contributed by atoms with van der Waals surface area (Å²) >= 11 is 0. The highest BCUT2D eigenvalue weighted by Gasteiger charge is 2.29. The molecule has 134 valence electrons. The Labute approximate surface area is 149 Å². The van der Waals surface area contributed by atoms with Crippen LogP contribution in [0.15, 0.2) is 30.3 Å². The second kappa shape index (κ2) is 7.30. The molecule has 0 aliphatic carbocycles. The molecule has 2 amide bonds. The monoisotopic (exact) mass is 341 g/mol. The zero-order valence-electron chi connectivity index (χ0n) is 15.3. The molecule has 1 N–H and O–H groups in total. The maximum Gasteiger partial charge on any atom is 0.245 e. The van der Waals surface area contributed by atoms with Gasteiger partial charge in [-0.25, -0.2) is 5.01 Å². The van der Waals surface area contributed by atoms with Gasteiger partial charge in [-0.15, -0.1) is 0 Å². The average molecular weight is 341 g/mol. The lowest BCUT2D eigenvalue weighted by molar-refractivity contribution is -0.143. The lowest BCUT2D eigenvalue weighted by Gasteiger charge is -2.37. The molecule has 0 spiro atoms. The van der Waals surface area contributed by atoms with Crippen molar-refractivity contribution in [3.8, 4) is 0 Å². The summed E-state index contributed by atoms with van der Waals surface area (Å²) in [7, 11) is 0. The number of benzene rings is 1. The third-order valence-electron chi connectivity index (χ3n) is 4.91. The van der Waals surface area contributed by atoms with E-state index in [0.29, 0.717) is 18.3 Å². The molecule has 3 rings (SSSR count). The Balaban J connectivity index is 1.66. The molecule has 2 unspecified atom stereocenters. The molecule has 2 aliphatic heterocycles. The minimum atomic E-state index is -0.0673. The molecule has 2 heterocycles. The SMILES string of the molecule is Cc1ccc(C2=CCC(=O)N(CC(=O)N3CC(C)CC(C)C3)N2)cc1. The Kier molecular flexibility index (Phi) is 5.11. The maximum absolute atomic E-state index is 12.7. The van der Waals surface area contributed by atoms with Crippen LogP contribution in [0.2, 0.25) is 0 Å². The number of amides is 2. The summed E-state index contributed by atoms with van der Waals surface area (Å²) < 4.78 is 0. The molecule has 2 atom stereocenters. The van der Waals surface area contributed by atoms with Crippen LogP contribution in [0, 0.1) is 18.8 Å². The van der Waals surface area contributed by atoms with Gasteiger partial charge in [0.25, 0.3) is 0 Å².